The van der Waals surface area contributed by atoms with Crippen molar-refractivity contribution in [2.24, 2.45) is 12.8 Å². The molecule has 0 saturated carbocycles. The van der Waals surface area contributed by atoms with Crippen LogP contribution in [0.3, 0.4) is 0 Å². The summed E-state index contributed by atoms with van der Waals surface area (Å²) in [6.45, 7) is 0.269. The molecular formula is C8H12N4OS. The number of carbonyl (C=O) groups is 1. The average Bonchev–Trinajstić information content (AvgIpc) is 2.49. The Labute approximate surface area is 87.5 Å². The van der Waals surface area contributed by atoms with Crippen LogP contribution in [-0.2, 0) is 7.05 Å². The van der Waals surface area contributed by atoms with E-state index in [9.17, 15) is 4.79 Å². The number of aryl methyl sites for hydroxylation is 1. The first-order valence-electron chi connectivity index (χ1n) is 4.02. The molecule has 1 rings (SSSR count). The number of nitrogens with zero attached hydrogens (tertiary/aromatic N) is 3. The van der Waals surface area contributed by atoms with Gasteiger partial charge < -0.3 is 15.2 Å². The fraction of sp³-hybridized carbons (Fsp3) is 0.375. The normalized spacial score (nSPS) is 9.86. The highest BCUT2D eigenvalue weighted by atomic mass is 32.1. The van der Waals surface area contributed by atoms with Gasteiger partial charge in [-0.3, -0.25) is 4.79 Å². The van der Waals surface area contributed by atoms with Gasteiger partial charge in [-0.05, 0) is 0 Å². The third kappa shape index (κ3) is 2.53. The average molecular weight is 212 g/mol. The van der Waals surface area contributed by atoms with Gasteiger partial charge in [-0.2, -0.15) is 0 Å². The topological polar surface area (TPSA) is 64.2 Å². The molecule has 76 valence electrons. The van der Waals surface area contributed by atoms with Crippen LogP contribution in [0, 0.1) is 0 Å². The second-order valence-corrected chi connectivity index (χ2v) is 3.58. The van der Waals surface area contributed by atoms with Gasteiger partial charge in [-0.15, -0.1) is 0 Å². The molecule has 5 nitrogen and oxygen atoms in total. The molecule has 2 N–H and O–H groups in total. The highest BCUT2D eigenvalue weighted by Gasteiger charge is 2.14. The number of carbonyl (C=O) groups excluding carboxylic acids is 1. The Bertz CT molecular complexity index is 360. The molecule has 6 heteroatoms. The molecule has 0 bridgehead atoms. The number of likely N-dealkylation sites (N-methyl/N-ethyl adjacent to an activating group) is 1. The van der Waals surface area contributed by atoms with Crippen LogP contribution < -0.4 is 5.73 Å². The van der Waals surface area contributed by atoms with Crippen LogP contribution in [0.2, 0.25) is 0 Å². The van der Waals surface area contributed by atoms with E-state index in [1.54, 1.807) is 31.2 Å². The molecule has 0 saturated heterocycles. The Hall–Kier alpha value is -1.43. The molecule has 0 aliphatic heterocycles. The van der Waals surface area contributed by atoms with Crippen LogP contribution in [0.5, 0.6) is 0 Å². The molecule has 14 heavy (non-hydrogen) atoms. The van der Waals surface area contributed by atoms with Gasteiger partial charge in [-0.25, -0.2) is 4.98 Å². The van der Waals surface area contributed by atoms with Crippen LogP contribution in [0.25, 0.3) is 0 Å². The Morgan fingerprint density at radius 2 is 2.43 bits per heavy atom. The summed E-state index contributed by atoms with van der Waals surface area (Å²) in [4.78, 5) is 17.3. The molecule has 1 amide bonds. The first-order valence-corrected chi connectivity index (χ1v) is 4.43. The molecule has 0 unspecified atom stereocenters. The molecule has 0 atom stereocenters. The van der Waals surface area contributed by atoms with E-state index < -0.39 is 0 Å². The van der Waals surface area contributed by atoms with Gasteiger partial charge in [0.2, 0.25) is 0 Å². The van der Waals surface area contributed by atoms with Gasteiger partial charge in [0.1, 0.15) is 5.69 Å². The maximum Gasteiger partial charge on any atom is 0.274 e. The minimum atomic E-state index is -0.182. The molecule has 0 aromatic carbocycles. The van der Waals surface area contributed by atoms with E-state index in [-0.39, 0.29) is 17.4 Å². The van der Waals surface area contributed by atoms with E-state index >= 15 is 0 Å². The number of hydrogen-bond donors (Lipinski definition) is 1. The molecule has 1 aromatic rings. The van der Waals surface area contributed by atoms with Crippen molar-refractivity contribution in [3.63, 3.8) is 0 Å². The second-order valence-electron chi connectivity index (χ2n) is 3.05. The standard InChI is InChI=1S/C8H12N4OS/c1-11-3-6(10-5-11)8(13)12(2)4-7(9)14/h3,5H,4H2,1-2H3,(H2,9,14). The minimum absolute atomic E-state index is 0.182. The quantitative estimate of drug-likeness (QED) is 0.703. The zero-order chi connectivity index (χ0) is 10.7. The third-order valence-corrected chi connectivity index (χ3v) is 1.79. The number of aromatic nitrogens is 2. The summed E-state index contributed by atoms with van der Waals surface area (Å²) in [5.74, 6) is -0.182. The summed E-state index contributed by atoms with van der Waals surface area (Å²) in [6.07, 6.45) is 3.22. The van der Waals surface area contributed by atoms with Crippen molar-refractivity contribution in [2.45, 2.75) is 0 Å². The Kier molecular flexibility index (Phi) is 3.19. The summed E-state index contributed by atoms with van der Waals surface area (Å²) in [5, 5.41) is 0. The van der Waals surface area contributed by atoms with Gasteiger partial charge in [0.25, 0.3) is 5.91 Å². The Morgan fingerprint density at radius 1 is 1.79 bits per heavy atom. The van der Waals surface area contributed by atoms with Gasteiger partial charge in [0, 0.05) is 20.3 Å². The third-order valence-electron chi connectivity index (χ3n) is 1.66. The number of amides is 1. The number of hydrogen-bond acceptors (Lipinski definition) is 3. The molecule has 0 aliphatic rings. The largest absolute Gasteiger partial charge is 0.392 e. The van der Waals surface area contributed by atoms with Crippen LogP contribution in [0.1, 0.15) is 10.5 Å². The SMILES string of the molecule is CN(CC(N)=S)C(=O)c1cn(C)cn1. The van der Waals surface area contributed by atoms with E-state index in [0.717, 1.165) is 0 Å². The van der Waals surface area contributed by atoms with Gasteiger partial charge in [0.05, 0.1) is 17.9 Å². The second kappa shape index (κ2) is 4.19. The van der Waals surface area contributed by atoms with E-state index in [0.29, 0.717) is 5.69 Å². The lowest BCUT2D eigenvalue weighted by atomic mass is 10.4. The molecule has 1 aromatic heterocycles. The molecule has 0 spiro atoms. The fourth-order valence-corrected chi connectivity index (χ4v) is 1.22. The maximum absolute atomic E-state index is 11.6. The highest BCUT2D eigenvalue weighted by molar-refractivity contribution is 7.80. The van der Waals surface area contributed by atoms with Crippen LogP contribution in [0.15, 0.2) is 12.5 Å². The monoisotopic (exact) mass is 212 g/mol. The first-order chi connectivity index (χ1) is 6.50. The smallest absolute Gasteiger partial charge is 0.274 e. The molecule has 0 radical (unpaired) electrons. The van der Waals surface area contributed by atoms with Crippen LogP contribution >= 0.6 is 12.2 Å². The number of imidazole rings is 1. The maximum atomic E-state index is 11.6. The highest BCUT2D eigenvalue weighted by Crippen LogP contribution is 1.99. The van der Waals surface area contributed by atoms with Crippen molar-refractivity contribution in [2.75, 3.05) is 13.6 Å². The molecular weight excluding hydrogens is 200 g/mol. The first kappa shape index (κ1) is 10.6. The van der Waals surface area contributed by atoms with Crippen molar-refractivity contribution >= 4 is 23.1 Å². The van der Waals surface area contributed by atoms with E-state index in [1.807, 2.05) is 0 Å². The summed E-state index contributed by atoms with van der Waals surface area (Å²) in [6, 6.07) is 0. The Morgan fingerprint density at radius 3 is 2.86 bits per heavy atom. The summed E-state index contributed by atoms with van der Waals surface area (Å²) in [5.41, 5.74) is 5.72. The predicted molar refractivity (Wildman–Crippen MR) is 57.0 cm³/mol. The van der Waals surface area contributed by atoms with Crippen LogP contribution in [-0.4, -0.2) is 38.9 Å². The molecule has 0 aliphatic carbocycles. The number of thiocarbonyl (C=S) groups is 1. The van der Waals surface area contributed by atoms with Gasteiger partial charge in [-0.1, -0.05) is 12.2 Å². The lowest BCUT2D eigenvalue weighted by Gasteiger charge is -2.14. The lowest BCUT2D eigenvalue weighted by Crippen LogP contribution is -2.34. The minimum Gasteiger partial charge on any atom is -0.392 e. The summed E-state index contributed by atoms with van der Waals surface area (Å²) in [7, 11) is 3.44. The summed E-state index contributed by atoms with van der Waals surface area (Å²) < 4.78 is 1.71. The van der Waals surface area contributed by atoms with Crippen molar-refractivity contribution in [3.8, 4) is 0 Å². The number of nitrogens with two attached hydrogens (primary N) is 1. The van der Waals surface area contributed by atoms with Crippen molar-refractivity contribution in [3.05, 3.63) is 18.2 Å². The molecule has 0 fully saturated rings. The van der Waals surface area contributed by atoms with E-state index in [1.165, 1.54) is 4.90 Å². The van der Waals surface area contributed by atoms with Gasteiger partial charge in [0.15, 0.2) is 0 Å². The van der Waals surface area contributed by atoms with E-state index in [4.69, 9.17) is 18.0 Å². The molecule has 1 heterocycles. The van der Waals surface area contributed by atoms with Crippen molar-refractivity contribution < 1.29 is 4.79 Å². The summed E-state index contributed by atoms with van der Waals surface area (Å²) >= 11 is 4.70. The van der Waals surface area contributed by atoms with Crippen molar-refractivity contribution in [1.82, 2.24) is 14.5 Å². The zero-order valence-corrected chi connectivity index (χ0v) is 8.91. The fourth-order valence-electron chi connectivity index (χ4n) is 1.02. The van der Waals surface area contributed by atoms with Crippen LogP contribution in [0.4, 0.5) is 0 Å². The van der Waals surface area contributed by atoms with Gasteiger partial charge >= 0.3 is 0 Å². The zero-order valence-electron chi connectivity index (χ0n) is 8.10. The predicted octanol–water partition coefficient (Wildman–Crippen LogP) is -0.222. The Balaban J connectivity index is 2.70. The number of rotatable bonds is 3. The van der Waals surface area contributed by atoms with Crippen molar-refractivity contribution in [1.29, 1.82) is 0 Å². The van der Waals surface area contributed by atoms with E-state index in [2.05, 4.69) is 4.98 Å². The lowest BCUT2D eigenvalue weighted by molar-refractivity contribution is 0.0810.